The summed E-state index contributed by atoms with van der Waals surface area (Å²) in [6, 6.07) is 0. The van der Waals surface area contributed by atoms with Gasteiger partial charge in [-0.1, -0.05) is 0 Å². The smallest absolute Gasteiger partial charge is 0.271 e. The second-order valence-electron chi connectivity index (χ2n) is 2.88. The second-order valence-corrected chi connectivity index (χ2v) is 2.88. The van der Waals surface area contributed by atoms with E-state index >= 15 is 0 Å². The lowest BCUT2D eigenvalue weighted by atomic mass is 10.3. The Bertz CT molecular complexity index is 434. The molecule has 0 aliphatic rings. The van der Waals surface area contributed by atoms with Gasteiger partial charge in [-0.25, -0.2) is 9.48 Å². The molecule has 1 aromatic heterocycles. The van der Waals surface area contributed by atoms with E-state index in [1.807, 2.05) is 4.98 Å². The molecule has 0 aliphatic heterocycles. The molecule has 0 spiro atoms. The Morgan fingerprint density at radius 1 is 1.40 bits per heavy atom. The molecule has 0 saturated heterocycles. The summed E-state index contributed by atoms with van der Waals surface area (Å²) in [7, 11) is 0. The molecule has 8 heteroatoms. The summed E-state index contributed by atoms with van der Waals surface area (Å²) in [4.78, 5) is 23.4. The third-order valence-corrected chi connectivity index (χ3v) is 1.61. The van der Waals surface area contributed by atoms with E-state index in [0.29, 0.717) is 0 Å². The van der Waals surface area contributed by atoms with Crippen molar-refractivity contribution >= 4 is 0 Å². The van der Waals surface area contributed by atoms with Crippen molar-refractivity contribution in [1.29, 1.82) is 0 Å². The number of nitrogens with zero attached hydrogens (tertiary/aromatic N) is 2. The number of aromatic nitrogens is 3. The molecule has 0 aromatic carbocycles. The molecule has 0 bridgehead atoms. The molecule has 84 valence electrons. The third kappa shape index (κ3) is 3.96. The molecule has 0 radical (unpaired) electrons. The molecule has 0 saturated carbocycles. The Labute approximate surface area is 81.5 Å². The monoisotopic (exact) mass is 223 g/mol. The Hall–Kier alpha value is -1.60. The first kappa shape index (κ1) is 11.5. The summed E-state index contributed by atoms with van der Waals surface area (Å²) in [6.07, 6.45) is -4.64. The lowest BCUT2D eigenvalue weighted by Crippen LogP contribution is -2.31. The van der Waals surface area contributed by atoms with Gasteiger partial charge in [0.05, 0.1) is 0 Å². The van der Waals surface area contributed by atoms with Gasteiger partial charge in [-0.15, -0.1) is 0 Å². The molecule has 0 atom stereocenters. The summed E-state index contributed by atoms with van der Waals surface area (Å²) >= 11 is 0. The van der Waals surface area contributed by atoms with Crippen molar-refractivity contribution in [1.82, 2.24) is 14.8 Å². The van der Waals surface area contributed by atoms with Crippen LogP contribution in [0, 0.1) is 0 Å². The van der Waals surface area contributed by atoms with Crippen LogP contribution < -0.4 is 11.2 Å². The van der Waals surface area contributed by atoms with Gasteiger partial charge in [-0.2, -0.15) is 18.3 Å². The number of hydrogen-bond donors (Lipinski definition) is 1. The van der Waals surface area contributed by atoms with Crippen LogP contribution in [-0.4, -0.2) is 20.9 Å². The van der Waals surface area contributed by atoms with Gasteiger partial charge < -0.3 is 0 Å². The maximum Gasteiger partial charge on any atom is 0.389 e. The predicted molar refractivity (Wildman–Crippen MR) is 44.4 cm³/mol. The fourth-order valence-electron chi connectivity index (χ4n) is 0.965. The van der Waals surface area contributed by atoms with Gasteiger partial charge in [-0.3, -0.25) is 9.78 Å². The van der Waals surface area contributed by atoms with Crippen LogP contribution in [0.2, 0.25) is 0 Å². The van der Waals surface area contributed by atoms with E-state index in [9.17, 15) is 22.8 Å². The van der Waals surface area contributed by atoms with Gasteiger partial charge in [0, 0.05) is 13.0 Å². The topological polar surface area (TPSA) is 67.8 Å². The van der Waals surface area contributed by atoms with Crippen molar-refractivity contribution in [3.05, 3.63) is 27.0 Å². The van der Waals surface area contributed by atoms with Crippen molar-refractivity contribution in [3.8, 4) is 0 Å². The maximum atomic E-state index is 11.8. The van der Waals surface area contributed by atoms with Crippen LogP contribution in [0.5, 0.6) is 0 Å². The largest absolute Gasteiger partial charge is 0.389 e. The van der Waals surface area contributed by atoms with Gasteiger partial charge in [0.25, 0.3) is 5.56 Å². The van der Waals surface area contributed by atoms with Gasteiger partial charge in [0.15, 0.2) is 0 Å². The van der Waals surface area contributed by atoms with Gasteiger partial charge in [0.1, 0.15) is 6.20 Å². The first-order valence-electron chi connectivity index (χ1n) is 4.12. The zero-order valence-electron chi connectivity index (χ0n) is 7.54. The van der Waals surface area contributed by atoms with Crippen LogP contribution in [0.15, 0.2) is 15.8 Å². The molecule has 1 heterocycles. The van der Waals surface area contributed by atoms with Crippen LogP contribution in [-0.2, 0) is 6.54 Å². The summed E-state index contributed by atoms with van der Waals surface area (Å²) in [6.45, 7) is -0.172. The minimum Gasteiger partial charge on any atom is -0.271 e. The van der Waals surface area contributed by atoms with Gasteiger partial charge >= 0.3 is 11.9 Å². The van der Waals surface area contributed by atoms with Crippen molar-refractivity contribution in [2.45, 2.75) is 25.6 Å². The number of nitrogens with one attached hydrogen (secondary N) is 1. The molecule has 1 rings (SSSR count). The number of rotatable bonds is 3. The van der Waals surface area contributed by atoms with E-state index in [0.717, 1.165) is 10.9 Å². The highest BCUT2D eigenvalue weighted by Crippen LogP contribution is 2.21. The molecule has 15 heavy (non-hydrogen) atoms. The zero-order valence-corrected chi connectivity index (χ0v) is 7.54. The zero-order chi connectivity index (χ0) is 11.5. The highest BCUT2D eigenvalue weighted by atomic mass is 19.4. The fourth-order valence-corrected chi connectivity index (χ4v) is 0.965. The van der Waals surface area contributed by atoms with Gasteiger partial charge in [0.2, 0.25) is 0 Å². The fraction of sp³-hybridized carbons (Fsp3) is 0.571. The minimum atomic E-state index is -4.24. The number of H-pyrrole nitrogens is 1. The van der Waals surface area contributed by atoms with E-state index in [1.54, 1.807) is 0 Å². The molecule has 0 fully saturated rings. The SMILES string of the molecule is O=c1cnn(CCCC(F)(F)F)c(=O)[nH]1. The predicted octanol–water partition coefficient (Wildman–Crippen LogP) is 0.274. The Morgan fingerprint density at radius 2 is 2.07 bits per heavy atom. The first-order chi connectivity index (χ1) is 6.88. The van der Waals surface area contributed by atoms with E-state index in [4.69, 9.17) is 0 Å². The molecular weight excluding hydrogens is 215 g/mol. The lowest BCUT2D eigenvalue weighted by Gasteiger charge is -2.05. The Morgan fingerprint density at radius 3 is 2.60 bits per heavy atom. The van der Waals surface area contributed by atoms with E-state index < -0.39 is 23.8 Å². The number of aryl methyl sites for hydroxylation is 1. The van der Waals surface area contributed by atoms with Crippen molar-refractivity contribution in [2.24, 2.45) is 0 Å². The van der Waals surface area contributed by atoms with E-state index in [-0.39, 0.29) is 13.0 Å². The second kappa shape index (κ2) is 4.28. The minimum absolute atomic E-state index is 0.172. The van der Waals surface area contributed by atoms with Gasteiger partial charge in [-0.05, 0) is 6.42 Å². The van der Waals surface area contributed by atoms with E-state index in [2.05, 4.69) is 5.10 Å². The first-order valence-corrected chi connectivity index (χ1v) is 4.12. The highest BCUT2D eigenvalue weighted by molar-refractivity contribution is 4.69. The van der Waals surface area contributed by atoms with Crippen molar-refractivity contribution in [2.75, 3.05) is 0 Å². The van der Waals surface area contributed by atoms with Crippen LogP contribution >= 0.6 is 0 Å². The summed E-state index contributed by atoms with van der Waals surface area (Å²) < 4.78 is 36.1. The van der Waals surface area contributed by atoms with Crippen molar-refractivity contribution in [3.63, 3.8) is 0 Å². The highest BCUT2D eigenvalue weighted by Gasteiger charge is 2.26. The number of hydrogen-bond acceptors (Lipinski definition) is 3. The standard InChI is InChI=1S/C7H8F3N3O2/c8-7(9,10)2-1-3-13-6(15)12-5(14)4-11-13/h4H,1-3H2,(H,12,14,15). The third-order valence-electron chi connectivity index (χ3n) is 1.61. The number of halogens is 3. The average Bonchev–Trinajstić information content (AvgIpc) is 2.07. The van der Waals surface area contributed by atoms with Crippen LogP contribution in [0.3, 0.4) is 0 Å². The van der Waals surface area contributed by atoms with Crippen LogP contribution in [0.1, 0.15) is 12.8 Å². The molecule has 0 amide bonds. The molecule has 1 aromatic rings. The quantitative estimate of drug-likeness (QED) is 0.799. The normalized spacial score (nSPS) is 11.7. The van der Waals surface area contributed by atoms with Crippen LogP contribution in [0.25, 0.3) is 0 Å². The summed E-state index contributed by atoms with van der Waals surface area (Å²) in [5.41, 5.74) is -1.48. The summed E-state index contributed by atoms with van der Waals surface area (Å²) in [5, 5.41) is 3.39. The Kier molecular flexibility index (Phi) is 3.28. The van der Waals surface area contributed by atoms with Crippen LogP contribution in [0.4, 0.5) is 13.2 Å². The molecule has 5 nitrogen and oxygen atoms in total. The molecular formula is C7H8F3N3O2. The molecule has 0 aliphatic carbocycles. The lowest BCUT2D eigenvalue weighted by molar-refractivity contribution is -0.136. The van der Waals surface area contributed by atoms with Crippen molar-refractivity contribution < 1.29 is 13.2 Å². The number of aromatic amines is 1. The molecule has 0 unspecified atom stereocenters. The summed E-state index contributed by atoms with van der Waals surface area (Å²) in [5.74, 6) is 0. The molecule has 1 N–H and O–H groups in total. The number of alkyl halides is 3. The van der Waals surface area contributed by atoms with E-state index in [1.165, 1.54) is 0 Å². The average molecular weight is 223 g/mol. The maximum absolute atomic E-state index is 11.8. The Balaban J connectivity index is 2.59.